The van der Waals surface area contributed by atoms with Crippen molar-refractivity contribution in [2.45, 2.75) is 230 Å². The number of hydrogen-bond donors (Lipinski definition) is 4. The van der Waals surface area contributed by atoms with Crippen LogP contribution in [0.2, 0.25) is 0 Å². The van der Waals surface area contributed by atoms with Gasteiger partial charge in [0.2, 0.25) is 65.0 Å². The molecule has 11 amide bonds. The summed E-state index contributed by atoms with van der Waals surface area (Å²) in [5.74, 6) is -12.2. The van der Waals surface area contributed by atoms with Gasteiger partial charge >= 0.3 is 5.97 Å². The molecule has 0 radical (unpaired) electrons. The van der Waals surface area contributed by atoms with Crippen molar-refractivity contribution in [3.05, 3.63) is 12.1 Å². The number of amides is 11. The molecular formula is C64H113N11O13. The number of hydrogen-bond acceptors (Lipinski definition) is 13. The molecule has 0 unspecified atom stereocenters. The van der Waals surface area contributed by atoms with Crippen LogP contribution in [0, 0.1) is 41.4 Å². The van der Waals surface area contributed by atoms with Crippen molar-refractivity contribution < 1.29 is 67.8 Å². The lowest BCUT2D eigenvalue weighted by molar-refractivity contribution is -0.164. The van der Waals surface area contributed by atoms with E-state index in [0.29, 0.717) is 0 Å². The highest BCUT2D eigenvalue weighted by Crippen LogP contribution is 2.27. The Labute approximate surface area is 531 Å². The Bertz CT molecular complexity index is 2620. The minimum atomic E-state index is -2.83. The molecule has 1 saturated heterocycles. The number of carbonyl (C=O) groups is 12. The van der Waals surface area contributed by atoms with E-state index in [9.17, 15) is 38.4 Å². The van der Waals surface area contributed by atoms with Crippen molar-refractivity contribution in [1.29, 1.82) is 0 Å². The second kappa shape index (κ2) is 36.1. The van der Waals surface area contributed by atoms with E-state index in [-0.39, 0.29) is 62.2 Å². The summed E-state index contributed by atoms with van der Waals surface area (Å²) >= 11 is 0. The van der Waals surface area contributed by atoms with Crippen LogP contribution < -0.4 is 21.3 Å². The van der Waals surface area contributed by atoms with Crippen molar-refractivity contribution >= 4 is 70.9 Å². The number of carbonyl (C=O) groups excluding carboxylic acids is 12. The maximum atomic E-state index is 15.5. The van der Waals surface area contributed by atoms with Crippen LogP contribution in [0.4, 0.5) is 0 Å². The largest absolute Gasteiger partial charge is 0.459 e. The van der Waals surface area contributed by atoms with Gasteiger partial charge < -0.3 is 60.3 Å². The summed E-state index contributed by atoms with van der Waals surface area (Å²) in [6.45, 7) is 24.9. The van der Waals surface area contributed by atoms with Gasteiger partial charge in [0.25, 0.3) is 0 Å². The predicted octanol–water partition coefficient (Wildman–Crippen LogP) is 3.84. The minimum Gasteiger partial charge on any atom is -0.459 e. The van der Waals surface area contributed by atoms with Gasteiger partial charge in [-0.2, -0.15) is 0 Å². The van der Waals surface area contributed by atoms with Gasteiger partial charge in [0.05, 0.1) is 7.92 Å². The molecule has 0 aromatic carbocycles. The summed E-state index contributed by atoms with van der Waals surface area (Å²) in [6.07, 6.45) is -0.467. The number of nitrogens with zero attached hydrogens (tertiary/aromatic N) is 7. The SMILES string of the molecule is [2H]/C(=C\C[C@@H](C)[C@@H](OC(C)=O)[C@H]1C(=O)N[C@@H](CC)C(=O)N(C)CC(=O)N(C)[C@@H](CC(C)C)C(=O)N[C@@H](C(C)C)C(=O)N(C)[C@@H](CC(C)C)C(=O)N[C@@H](C)C(=O)N[C@H](C)C(=O)N(C)[C@@H](CC(C)C)C(=O)N(C)[C@@H](CC(C)C)C(=O)N(C)[C@@H](C(C)C)C(=O)N1C)C([2H])([2H])[2H]. The second-order valence-corrected chi connectivity index (χ2v) is 26.5. The molecule has 24 nitrogen and oxygen atoms in total. The zero-order valence-corrected chi connectivity index (χ0v) is 57.4. The fourth-order valence-corrected chi connectivity index (χ4v) is 10.9. The first kappa shape index (κ1) is 72.1. The number of esters is 1. The molecule has 1 rings (SSSR count). The monoisotopic (exact) mass is 1250 g/mol. The van der Waals surface area contributed by atoms with Crippen LogP contribution in [0.15, 0.2) is 12.1 Å². The van der Waals surface area contributed by atoms with Gasteiger partial charge in [0, 0.05) is 60.4 Å². The van der Waals surface area contributed by atoms with Crippen LogP contribution in [0.25, 0.3) is 0 Å². The second-order valence-electron chi connectivity index (χ2n) is 26.5. The minimum absolute atomic E-state index is 0.0673. The van der Waals surface area contributed by atoms with Gasteiger partial charge in [-0.3, -0.25) is 57.5 Å². The zero-order valence-electron chi connectivity index (χ0n) is 61.4. The third-order valence-electron chi connectivity index (χ3n) is 16.2. The van der Waals surface area contributed by atoms with Gasteiger partial charge in [-0.05, 0) is 101 Å². The molecule has 1 heterocycles. The van der Waals surface area contributed by atoms with E-state index in [1.807, 2.05) is 55.4 Å². The molecule has 1 aliphatic rings. The number of allylic oxidation sites excluding steroid dienone is 2. The van der Waals surface area contributed by atoms with Crippen molar-refractivity contribution in [3.8, 4) is 0 Å². The Kier molecular flexibility index (Phi) is 29.6. The zero-order chi connectivity index (χ0) is 71.6. The fourth-order valence-electron chi connectivity index (χ4n) is 10.9. The maximum Gasteiger partial charge on any atom is 0.303 e. The fraction of sp³-hybridized carbons (Fsp3) is 0.781. The van der Waals surface area contributed by atoms with Gasteiger partial charge in [-0.15, -0.1) is 0 Å². The highest BCUT2D eigenvalue weighted by atomic mass is 16.5. The van der Waals surface area contributed by atoms with E-state index in [1.54, 1.807) is 34.6 Å². The Morgan fingerprint density at radius 3 is 1.41 bits per heavy atom. The van der Waals surface area contributed by atoms with Crippen LogP contribution in [-0.4, -0.2) is 228 Å². The molecule has 0 aliphatic carbocycles. The standard InChI is InChI=1S/C64H113N11O13/c1-26-28-29-41(15)54(88-44(18)76)53-58(81)67-45(27-2)60(83)69(19)34-50(77)70(20)46(30-35(3)4)57(80)68-51(39(11)12)63(86)71(21)47(31-36(5)6)56(79)65-42(16)55(78)66-43(17)59(82)72(22)48(32-37(7)8)61(84)73(23)49(33-38(9)10)62(85)74(24)52(40(13)14)64(87)75(53)25/h26,28,35-43,45-49,51-54H,27,29-34H2,1-25H3,(H,65,79)(H,66,78)(H,67,81)(H,68,80)/b28-26+/t41-,42+,43-,45+,46+,47+,48+,49+,51+,52+,53+,54-/m1/s1/i1D3,26D. The van der Waals surface area contributed by atoms with Crippen molar-refractivity contribution in [2.75, 3.05) is 55.9 Å². The lowest BCUT2D eigenvalue weighted by Gasteiger charge is -2.42. The molecular weight excluding hydrogens is 1130 g/mol. The van der Waals surface area contributed by atoms with E-state index in [2.05, 4.69) is 21.3 Å². The molecule has 4 N–H and O–H groups in total. The van der Waals surface area contributed by atoms with E-state index in [0.717, 1.165) is 27.7 Å². The van der Waals surface area contributed by atoms with Crippen LogP contribution >= 0.6 is 0 Å². The van der Waals surface area contributed by atoms with E-state index in [4.69, 9.17) is 10.2 Å². The topological polar surface area (TPSA) is 285 Å². The third kappa shape index (κ3) is 22.5. The summed E-state index contributed by atoms with van der Waals surface area (Å²) in [7, 11) is 9.52. The average Bonchev–Trinajstić information content (AvgIpc) is 0.803. The van der Waals surface area contributed by atoms with Crippen LogP contribution in [-0.2, 0) is 62.3 Å². The first-order chi connectivity index (χ1) is 42.2. The van der Waals surface area contributed by atoms with Gasteiger partial charge in [0.1, 0.15) is 66.5 Å². The molecule has 502 valence electrons. The lowest BCUT2D eigenvalue weighted by Crippen LogP contribution is -2.64. The number of ether oxygens (including phenoxy) is 1. The molecule has 1 fully saturated rings. The molecule has 0 bridgehead atoms. The van der Waals surface area contributed by atoms with Crippen molar-refractivity contribution in [3.63, 3.8) is 0 Å². The summed E-state index contributed by atoms with van der Waals surface area (Å²) in [6, 6.07) is -14.0. The normalized spacial score (nSPS) is 27.2. The Hall–Kier alpha value is -6.62. The first-order valence-corrected chi connectivity index (χ1v) is 31.1. The van der Waals surface area contributed by atoms with E-state index < -0.39 is 175 Å². The Balaban J connectivity index is 4.52. The molecule has 0 aromatic heterocycles. The Morgan fingerprint density at radius 2 is 0.955 bits per heavy atom. The number of rotatable bonds is 16. The summed E-state index contributed by atoms with van der Waals surface area (Å²) in [5.41, 5.74) is 0. The number of likely N-dealkylation sites (N-methyl/N-ethyl adjacent to an activating group) is 7. The lowest BCUT2D eigenvalue weighted by atomic mass is 9.91. The summed E-state index contributed by atoms with van der Waals surface area (Å²) in [4.78, 5) is 183. The molecule has 88 heavy (non-hydrogen) atoms. The summed E-state index contributed by atoms with van der Waals surface area (Å²) in [5, 5.41) is 10.9. The van der Waals surface area contributed by atoms with Gasteiger partial charge in [-0.25, -0.2) is 0 Å². The van der Waals surface area contributed by atoms with Crippen LogP contribution in [0.3, 0.4) is 0 Å². The summed E-state index contributed by atoms with van der Waals surface area (Å²) < 4.78 is 37.4. The molecule has 0 saturated carbocycles. The molecule has 1 aliphatic heterocycles. The predicted molar refractivity (Wildman–Crippen MR) is 338 cm³/mol. The van der Waals surface area contributed by atoms with Crippen LogP contribution in [0.5, 0.6) is 0 Å². The number of nitrogens with one attached hydrogen (secondary N) is 4. The molecule has 0 spiro atoms. The van der Waals surface area contributed by atoms with Crippen LogP contribution in [0.1, 0.15) is 169 Å². The van der Waals surface area contributed by atoms with Gasteiger partial charge in [0.15, 0.2) is 0 Å². The quantitative estimate of drug-likeness (QED) is 0.126. The van der Waals surface area contributed by atoms with E-state index >= 15 is 19.2 Å². The van der Waals surface area contributed by atoms with Crippen molar-refractivity contribution in [1.82, 2.24) is 55.6 Å². The van der Waals surface area contributed by atoms with Gasteiger partial charge in [-0.1, -0.05) is 109 Å². The smallest absolute Gasteiger partial charge is 0.303 e. The third-order valence-corrected chi connectivity index (χ3v) is 16.2. The maximum absolute atomic E-state index is 15.5. The molecule has 0 aromatic rings. The first-order valence-electron chi connectivity index (χ1n) is 33.1. The molecule has 24 heteroatoms. The van der Waals surface area contributed by atoms with Crippen molar-refractivity contribution in [2.24, 2.45) is 41.4 Å². The Morgan fingerprint density at radius 1 is 0.523 bits per heavy atom. The highest BCUT2D eigenvalue weighted by Gasteiger charge is 2.47. The highest BCUT2D eigenvalue weighted by molar-refractivity contribution is 5.99. The van der Waals surface area contributed by atoms with E-state index in [1.165, 1.54) is 89.7 Å². The molecule has 12 atom stereocenters. The average molecular weight is 1250 g/mol.